The van der Waals surface area contributed by atoms with Crippen molar-refractivity contribution in [1.29, 1.82) is 0 Å². The number of aryl methyl sites for hydroxylation is 3. The zero-order chi connectivity index (χ0) is 19.6. The van der Waals surface area contributed by atoms with Crippen LogP contribution in [0.2, 0.25) is 0 Å². The van der Waals surface area contributed by atoms with Crippen LogP contribution in [0.1, 0.15) is 73.3 Å². The predicted octanol–water partition coefficient (Wildman–Crippen LogP) is 4.45. The molecule has 1 aliphatic rings. The summed E-state index contributed by atoms with van der Waals surface area (Å²) < 4.78 is 2.04. The lowest BCUT2D eigenvalue weighted by molar-refractivity contribution is -0.121. The van der Waals surface area contributed by atoms with Gasteiger partial charge in [0.15, 0.2) is 0 Å². The molecule has 1 N–H and O–H groups in total. The molecule has 0 bridgehead atoms. The van der Waals surface area contributed by atoms with Crippen molar-refractivity contribution in [1.82, 2.24) is 15.1 Å². The Balaban J connectivity index is 1.66. The average Bonchev–Trinajstić information content (AvgIpc) is 2.88. The Morgan fingerprint density at radius 1 is 1.15 bits per heavy atom. The summed E-state index contributed by atoms with van der Waals surface area (Å²) in [5.41, 5.74) is 7.27. The van der Waals surface area contributed by atoms with Gasteiger partial charge in [-0.05, 0) is 69.1 Å². The van der Waals surface area contributed by atoms with Crippen LogP contribution in [0.4, 0.5) is 0 Å². The van der Waals surface area contributed by atoms with Crippen LogP contribution in [0.15, 0.2) is 18.2 Å². The lowest BCUT2D eigenvalue weighted by Crippen LogP contribution is -2.28. The summed E-state index contributed by atoms with van der Waals surface area (Å²) in [5.74, 6) is 0.601. The van der Waals surface area contributed by atoms with Crippen LogP contribution in [-0.2, 0) is 30.6 Å². The van der Waals surface area contributed by atoms with E-state index >= 15 is 0 Å². The quantitative estimate of drug-likeness (QED) is 0.820. The Kier molecular flexibility index (Phi) is 6.03. The first-order valence-electron chi connectivity index (χ1n) is 10.3. The van der Waals surface area contributed by atoms with E-state index in [-0.39, 0.29) is 11.9 Å². The molecule has 27 heavy (non-hydrogen) atoms. The van der Waals surface area contributed by atoms with Crippen molar-refractivity contribution in [3.8, 4) is 0 Å². The number of hydrogen-bond donors (Lipinski definition) is 1. The molecule has 146 valence electrons. The summed E-state index contributed by atoms with van der Waals surface area (Å²) in [4.78, 5) is 12.7. The molecule has 2 aromatic rings. The third-order valence-corrected chi connectivity index (χ3v) is 5.66. The Labute approximate surface area is 163 Å². The summed E-state index contributed by atoms with van der Waals surface area (Å²) >= 11 is 0. The monoisotopic (exact) mass is 367 g/mol. The maximum atomic E-state index is 12.7. The molecule has 1 amide bonds. The number of rotatable bonds is 6. The highest BCUT2D eigenvalue weighted by atomic mass is 16.1. The molecule has 0 radical (unpaired) electrons. The van der Waals surface area contributed by atoms with Gasteiger partial charge in [-0.15, -0.1) is 0 Å². The molecule has 4 nitrogen and oxygen atoms in total. The highest BCUT2D eigenvalue weighted by Crippen LogP contribution is 2.25. The minimum absolute atomic E-state index is 0.0241. The topological polar surface area (TPSA) is 46.9 Å². The van der Waals surface area contributed by atoms with Gasteiger partial charge in [0.25, 0.3) is 0 Å². The first-order chi connectivity index (χ1) is 12.8. The van der Waals surface area contributed by atoms with E-state index in [4.69, 9.17) is 0 Å². The van der Waals surface area contributed by atoms with Crippen LogP contribution in [0.25, 0.3) is 0 Å². The third-order valence-electron chi connectivity index (χ3n) is 5.66. The van der Waals surface area contributed by atoms with Gasteiger partial charge in [0.05, 0.1) is 18.2 Å². The first kappa shape index (κ1) is 19.7. The van der Waals surface area contributed by atoms with Gasteiger partial charge in [-0.3, -0.25) is 9.48 Å². The van der Waals surface area contributed by atoms with Crippen molar-refractivity contribution >= 4 is 5.91 Å². The molecule has 1 atom stereocenters. The maximum absolute atomic E-state index is 12.7. The number of aromatic nitrogens is 2. The van der Waals surface area contributed by atoms with Crippen molar-refractivity contribution in [2.75, 3.05) is 0 Å². The summed E-state index contributed by atoms with van der Waals surface area (Å²) in [6.07, 6.45) is 5.32. The zero-order valence-corrected chi connectivity index (χ0v) is 17.4. The van der Waals surface area contributed by atoms with Crippen LogP contribution in [0.5, 0.6) is 0 Å². The molecule has 1 heterocycles. The molecule has 1 unspecified atom stereocenters. The van der Waals surface area contributed by atoms with Gasteiger partial charge < -0.3 is 5.32 Å². The Morgan fingerprint density at radius 2 is 1.85 bits per heavy atom. The minimum atomic E-state index is 0.0241. The van der Waals surface area contributed by atoms with Crippen molar-refractivity contribution in [2.45, 2.75) is 79.3 Å². The SMILES string of the molecule is Cc1nn(CC(C)C)c(C)c1CC(=O)NC(C)c1ccc2c(c1)CCCC2. The van der Waals surface area contributed by atoms with Crippen molar-refractivity contribution < 1.29 is 4.79 Å². The summed E-state index contributed by atoms with van der Waals surface area (Å²) in [6.45, 7) is 11.4. The van der Waals surface area contributed by atoms with Gasteiger partial charge >= 0.3 is 0 Å². The normalized spacial score (nSPS) is 14.9. The summed E-state index contributed by atoms with van der Waals surface area (Å²) in [5, 5.41) is 7.81. The Hall–Kier alpha value is -2.10. The van der Waals surface area contributed by atoms with E-state index < -0.39 is 0 Å². The van der Waals surface area contributed by atoms with E-state index in [2.05, 4.69) is 56.3 Å². The van der Waals surface area contributed by atoms with Crippen molar-refractivity contribution in [3.63, 3.8) is 0 Å². The van der Waals surface area contributed by atoms with Crippen LogP contribution >= 0.6 is 0 Å². The molecular weight excluding hydrogens is 334 g/mol. The fourth-order valence-electron chi connectivity index (χ4n) is 4.07. The highest BCUT2D eigenvalue weighted by Gasteiger charge is 2.18. The van der Waals surface area contributed by atoms with Gasteiger partial charge in [0.2, 0.25) is 5.91 Å². The fourth-order valence-corrected chi connectivity index (χ4v) is 4.07. The van der Waals surface area contributed by atoms with E-state index in [0.29, 0.717) is 12.3 Å². The molecule has 1 aromatic heterocycles. The molecule has 1 aromatic carbocycles. The molecule has 0 fully saturated rings. The smallest absolute Gasteiger partial charge is 0.225 e. The molecule has 4 heteroatoms. The summed E-state index contributed by atoms with van der Waals surface area (Å²) in [6, 6.07) is 6.73. The Bertz CT molecular complexity index is 819. The largest absolute Gasteiger partial charge is 0.349 e. The number of nitrogens with zero attached hydrogens (tertiary/aromatic N) is 2. The second-order valence-electron chi connectivity index (χ2n) is 8.43. The summed E-state index contributed by atoms with van der Waals surface area (Å²) in [7, 11) is 0. The third kappa shape index (κ3) is 4.60. The average molecular weight is 368 g/mol. The van der Waals surface area contributed by atoms with Gasteiger partial charge in [-0.1, -0.05) is 32.0 Å². The van der Waals surface area contributed by atoms with E-state index in [1.54, 1.807) is 0 Å². The number of fused-ring (bicyclic) bond motifs is 1. The molecule has 3 rings (SSSR count). The van der Waals surface area contributed by atoms with Crippen LogP contribution < -0.4 is 5.32 Å². The van der Waals surface area contributed by atoms with Crippen LogP contribution in [-0.4, -0.2) is 15.7 Å². The number of amides is 1. The van der Waals surface area contributed by atoms with E-state index in [1.165, 1.54) is 36.0 Å². The fraction of sp³-hybridized carbons (Fsp3) is 0.565. The zero-order valence-electron chi connectivity index (χ0n) is 17.4. The number of carbonyl (C=O) groups excluding carboxylic acids is 1. The van der Waals surface area contributed by atoms with E-state index in [1.807, 2.05) is 11.6 Å². The standard InChI is InChI=1S/C23H33N3O/c1-15(2)14-26-18(5)22(17(4)25-26)13-23(27)24-16(3)20-11-10-19-8-6-7-9-21(19)12-20/h10-12,15-16H,6-9,13-14H2,1-5H3,(H,24,27). The second-order valence-corrected chi connectivity index (χ2v) is 8.43. The van der Waals surface area contributed by atoms with Crippen molar-refractivity contribution in [2.24, 2.45) is 5.92 Å². The highest BCUT2D eigenvalue weighted by molar-refractivity contribution is 5.79. The number of nitrogens with one attached hydrogen (secondary N) is 1. The van der Waals surface area contributed by atoms with Gasteiger partial charge in [-0.25, -0.2) is 0 Å². The molecule has 0 saturated carbocycles. The van der Waals surface area contributed by atoms with Crippen LogP contribution in [0, 0.1) is 19.8 Å². The van der Waals surface area contributed by atoms with Gasteiger partial charge in [-0.2, -0.15) is 5.10 Å². The van der Waals surface area contributed by atoms with Gasteiger partial charge in [0.1, 0.15) is 0 Å². The lowest BCUT2D eigenvalue weighted by atomic mass is 9.89. The number of carbonyl (C=O) groups is 1. The van der Waals surface area contributed by atoms with E-state index in [0.717, 1.165) is 29.9 Å². The number of hydrogen-bond acceptors (Lipinski definition) is 2. The molecule has 1 aliphatic carbocycles. The molecule has 0 spiro atoms. The molecular formula is C23H33N3O. The van der Waals surface area contributed by atoms with Gasteiger partial charge in [0, 0.05) is 17.8 Å². The second kappa shape index (κ2) is 8.28. The Morgan fingerprint density at radius 3 is 2.56 bits per heavy atom. The lowest BCUT2D eigenvalue weighted by Gasteiger charge is -2.20. The molecule has 0 saturated heterocycles. The van der Waals surface area contributed by atoms with Crippen molar-refractivity contribution in [3.05, 3.63) is 51.8 Å². The molecule has 0 aliphatic heterocycles. The van der Waals surface area contributed by atoms with E-state index in [9.17, 15) is 4.79 Å². The maximum Gasteiger partial charge on any atom is 0.225 e. The minimum Gasteiger partial charge on any atom is -0.349 e. The number of benzene rings is 1. The van der Waals surface area contributed by atoms with Crippen LogP contribution in [0.3, 0.4) is 0 Å². The first-order valence-corrected chi connectivity index (χ1v) is 10.3. The predicted molar refractivity (Wildman–Crippen MR) is 110 cm³/mol.